The Kier molecular flexibility index (Phi) is 35.3. The zero-order valence-electron chi connectivity index (χ0n) is 31.8. The molecular formula is C41H73O8P. The number of carbonyl (C=O) groups excluding carboxylic acids is 2. The topological polar surface area (TPSA) is 119 Å². The van der Waals surface area contributed by atoms with Crippen LogP contribution < -0.4 is 0 Å². The third-order valence-corrected chi connectivity index (χ3v) is 8.91. The Hall–Kier alpha value is -1.99. The van der Waals surface area contributed by atoms with Crippen LogP contribution in [-0.2, 0) is 28.2 Å². The average molecular weight is 725 g/mol. The second kappa shape index (κ2) is 36.8. The Balaban J connectivity index is 4.10. The summed E-state index contributed by atoms with van der Waals surface area (Å²) in [6, 6.07) is 0. The third kappa shape index (κ3) is 38.8. The van der Waals surface area contributed by atoms with E-state index in [1.54, 1.807) is 12.2 Å². The van der Waals surface area contributed by atoms with Gasteiger partial charge in [0, 0.05) is 12.5 Å². The van der Waals surface area contributed by atoms with Crippen LogP contribution in [0.15, 0.2) is 48.6 Å². The molecule has 0 unspecified atom stereocenters. The minimum atomic E-state index is -4.79. The smallest absolute Gasteiger partial charge is 0.462 e. The largest absolute Gasteiger partial charge is 0.469 e. The van der Waals surface area contributed by atoms with Gasteiger partial charge in [0.1, 0.15) is 6.61 Å². The van der Waals surface area contributed by atoms with Crippen LogP contribution in [0.1, 0.15) is 181 Å². The van der Waals surface area contributed by atoms with E-state index in [1.807, 2.05) is 12.2 Å². The van der Waals surface area contributed by atoms with Crippen molar-refractivity contribution in [1.29, 1.82) is 0 Å². The van der Waals surface area contributed by atoms with Gasteiger partial charge in [-0.15, -0.1) is 0 Å². The standard InChI is InChI=1S/C41H73O8P/c1-3-5-7-9-11-13-15-17-19-20-22-23-25-27-29-31-33-35-40(42)47-37-39(38-48-50(44,45)46)49-41(43)36-34-32-30-28-26-24-21-18-16-14-12-10-8-6-4-2/h22-23,27,29-30,32,34,36,39H,3-21,24-26,28,31,33,35,37-38H2,1-2H3,(H2,44,45,46)/b23-22+,29-27+,32-30+,36-34+/t39-/m1/s1. The first-order valence-electron chi connectivity index (χ1n) is 20.0. The van der Waals surface area contributed by atoms with E-state index < -0.39 is 32.5 Å². The van der Waals surface area contributed by atoms with Crippen LogP contribution >= 0.6 is 7.82 Å². The molecule has 50 heavy (non-hydrogen) atoms. The van der Waals surface area contributed by atoms with Crippen molar-refractivity contribution >= 4 is 19.8 Å². The normalized spacial score (nSPS) is 13.0. The van der Waals surface area contributed by atoms with Crippen LogP contribution in [0.4, 0.5) is 0 Å². The van der Waals surface area contributed by atoms with Gasteiger partial charge >= 0.3 is 19.8 Å². The van der Waals surface area contributed by atoms with Gasteiger partial charge in [0.05, 0.1) is 6.61 Å². The number of esters is 2. The number of allylic oxidation sites excluding steroid dienone is 7. The summed E-state index contributed by atoms with van der Waals surface area (Å²) in [5, 5.41) is 0. The summed E-state index contributed by atoms with van der Waals surface area (Å²) in [4.78, 5) is 42.6. The van der Waals surface area contributed by atoms with Crippen molar-refractivity contribution in [3.63, 3.8) is 0 Å². The second-order valence-electron chi connectivity index (χ2n) is 13.3. The average Bonchev–Trinajstić information content (AvgIpc) is 3.08. The van der Waals surface area contributed by atoms with Crippen molar-refractivity contribution < 1.29 is 37.9 Å². The molecule has 0 aromatic rings. The molecule has 0 aliphatic heterocycles. The van der Waals surface area contributed by atoms with Crippen LogP contribution in [-0.4, -0.2) is 41.0 Å². The summed E-state index contributed by atoms with van der Waals surface area (Å²) in [7, 11) is -4.79. The van der Waals surface area contributed by atoms with Crippen molar-refractivity contribution in [1.82, 2.24) is 0 Å². The molecule has 0 radical (unpaired) electrons. The van der Waals surface area contributed by atoms with Crippen molar-refractivity contribution in [3.05, 3.63) is 48.6 Å². The highest BCUT2D eigenvalue weighted by Gasteiger charge is 2.22. The fraction of sp³-hybridized carbons (Fsp3) is 0.756. The molecule has 0 aromatic carbocycles. The highest BCUT2D eigenvalue weighted by Crippen LogP contribution is 2.35. The number of hydrogen-bond donors (Lipinski definition) is 2. The molecule has 0 saturated heterocycles. The summed E-state index contributed by atoms with van der Waals surface area (Å²) in [5.74, 6) is -1.19. The lowest BCUT2D eigenvalue weighted by molar-refractivity contribution is -0.157. The highest BCUT2D eigenvalue weighted by atomic mass is 31.2. The predicted octanol–water partition coefficient (Wildman–Crippen LogP) is 12.0. The number of ether oxygens (including phenoxy) is 2. The Bertz CT molecular complexity index is 952. The van der Waals surface area contributed by atoms with E-state index in [0.717, 1.165) is 32.1 Å². The molecule has 0 bridgehead atoms. The van der Waals surface area contributed by atoms with Gasteiger partial charge in [-0.1, -0.05) is 172 Å². The first kappa shape index (κ1) is 48.0. The number of unbranched alkanes of at least 4 members (excludes halogenated alkanes) is 21. The zero-order chi connectivity index (χ0) is 36.8. The van der Waals surface area contributed by atoms with E-state index >= 15 is 0 Å². The summed E-state index contributed by atoms with van der Waals surface area (Å²) in [6.45, 7) is 3.55. The van der Waals surface area contributed by atoms with E-state index in [-0.39, 0.29) is 13.0 Å². The quantitative estimate of drug-likeness (QED) is 0.0164. The lowest BCUT2D eigenvalue weighted by Crippen LogP contribution is -2.29. The molecule has 0 amide bonds. The summed E-state index contributed by atoms with van der Waals surface area (Å²) in [5.41, 5.74) is 0. The highest BCUT2D eigenvalue weighted by molar-refractivity contribution is 7.46. The predicted molar refractivity (Wildman–Crippen MR) is 207 cm³/mol. The Morgan fingerprint density at radius 2 is 1.04 bits per heavy atom. The minimum absolute atomic E-state index is 0.183. The lowest BCUT2D eigenvalue weighted by Gasteiger charge is -2.17. The van der Waals surface area contributed by atoms with Gasteiger partial charge in [-0.05, 0) is 44.9 Å². The van der Waals surface area contributed by atoms with Crippen LogP contribution in [0.3, 0.4) is 0 Å². The lowest BCUT2D eigenvalue weighted by atomic mass is 10.1. The fourth-order valence-electron chi connectivity index (χ4n) is 5.44. The van der Waals surface area contributed by atoms with Crippen molar-refractivity contribution in [2.75, 3.05) is 13.2 Å². The van der Waals surface area contributed by atoms with Crippen molar-refractivity contribution in [2.24, 2.45) is 0 Å². The number of carbonyl (C=O) groups is 2. The number of hydrogen-bond acceptors (Lipinski definition) is 6. The van der Waals surface area contributed by atoms with Crippen LogP contribution in [0.2, 0.25) is 0 Å². The number of phosphoric acid groups is 1. The third-order valence-electron chi connectivity index (χ3n) is 8.43. The zero-order valence-corrected chi connectivity index (χ0v) is 32.7. The minimum Gasteiger partial charge on any atom is -0.462 e. The molecule has 0 spiro atoms. The van der Waals surface area contributed by atoms with E-state index in [1.165, 1.54) is 128 Å². The molecule has 0 aliphatic carbocycles. The van der Waals surface area contributed by atoms with Crippen molar-refractivity contribution in [3.8, 4) is 0 Å². The van der Waals surface area contributed by atoms with E-state index in [2.05, 4.69) is 36.6 Å². The van der Waals surface area contributed by atoms with Crippen LogP contribution in [0.5, 0.6) is 0 Å². The molecule has 9 heteroatoms. The molecule has 0 aromatic heterocycles. The molecular weight excluding hydrogens is 651 g/mol. The Morgan fingerprint density at radius 3 is 1.54 bits per heavy atom. The molecule has 0 saturated carbocycles. The Labute approximate surface area is 305 Å². The fourth-order valence-corrected chi connectivity index (χ4v) is 5.80. The Morgan fingerprint density at radius 1 is 0.580 bits per heavy atom. The number of phosphoric ester groups is 1. The maximum atomic E-state index is 12.3. The monoisotopic (exact) mass is 725 g/mol. The first-order valence-corrected chi connectivity index (χ1v) is 21.5. The number of rotatable bonds is 36. The van der Waals surface area contributed by atoms with E-state index in [0.29, 0.717) is 6.42 Å². The van der Waals surface area contributed by atoms with Gasteiger partial charge in [-0.3, -0.25) is 9.32 Å². The van der Waals surface area contributed by atoms with Gasteiger partial charge in [-0.2, -0.15) is 0 Å². The second-order valence-corrected chi connectivity index (χ2v) is 14.6. The van der Waals surface area contributed by atoms with Gasteiger partial charge in [-0.25, -0.2) is 9.36 Å². The molecule has 2 N–H and O–H groups in total. The maximum absolute atomic E-state index is 12.3. The molecule has 0 heterocycles. The van der Waals surface area contributed by atoms with Gasteiger partial charge in [0.2, 0.25) is 0 Å². The van der Waals surface area contributed by atoms with Gasteiger partial charge in [0.25, 0.3) is 0 Å². The van der Waals surface area contributed by atoms with Crippen LogP contribution in [0, 0.1) is 0 Å². The molecule has 8 nitrogen and oxygen atoms in total. The molecule has 1 atom stereocenters. The first-order chi connectivity index (χ1) is 24.3. The van der Waals surface area contributed by atoms with E-state index in [4.69, 9.17) is 19.3 Å². The van der Waals surface area contributed by atoms with E-state index in [9.17, 15) is 14.2 Å². The molecule has 0 rings (SSSR count). The molecule has 290 valence electrons. The summed E-state index contributed by atoms with van der Waals surface area (Å²) in [6.07, 6.45) is 44.7. The van der Waals surface area contributed by atoms with Gasteiger partial charge < -0.3 is 19.3 Å². The molecule has 0 fully saturated rings. The van der Waals surface area contributed by atoms with Crippen molar-refractivity contribution in [2.45, 2.75) is 187 Å². The SMILES string of the molecule is CCCCCCCCCCC/C=C/C/C=C/CCCC(=O)OC[C@H](COP(=O)(O)O)OC(=O)/C=C/C=C/CCCCCCCCCCCCC. The summed E-state index contributed by atoms with van der Waals surface area (Å²) < 4.78 is 26.1. The summed E-state index contributed by atoms with van der Waals surface area (Å²) >= 11 is 0. The van der Waals surface area contributed by atoms with Gasteiger partial charge in [0.15, 0.2) is 6.10 Å². The molecule has 0 aliphatic rings. The van der Waals surface area contributed by atoms with Crippen LogP contribution in [0.25, 0.3) is 0 Å². The maximum Gasteiger partial charge on any atom is 0.469 e.